The van der Waals surface area contributed by atoms with Crippen LogP contribution < -0.4 is 20.3 Å². The van der Waals surface area contributed by atoms with Crippen molar-refractivity contribution in [3.8, 4) is 5.88 Å². The van der Waals surface area contributed by atoms with Crippen molar-refractivity contribution in [1.82, 2.24) is 15.3 Å². The largest absolute Gasteiger partial charge is 0.481 e. The molecule has 0 bridgehead atoms. The molecule has 1 aliphatic rings. The molecule has 0 aromatic carbocycles. The van der Waals surface area contributed by atoms with Crippen molar-refractivity contribution in [3.63, 3.8) is 0 Å². The zero-order valence-electron chi connectivity index (χ0n) is 12.1. The first-order chi connectivity index (χ1) is 9.62. The van der Waals surface area contributed by atoms with Gasteiger partial charge in [-0.05, 0) is 31.0 Å². The van der Waals surface area contributed by atoms with Gasteiger partial charge in [0.25, 0.3) is 0 Å². The Bertz CT molecular complexity index is 482. The minimum absolute atomic E-state index is 0.455. The van der Waals surface area contributed by atoms with Gasteiger partial charge in [0.1, 0.15) is 5.82 Å². The number of nitrogens with one attached hydrogen (secondary N) is 2. The summed E-state index contributed by atoms with van der Waals surface area (Å²) >= 11 is 5.08. The summed E-state index contributed by atoms with van der Waals surface area (Å²) in [5, 5.41) is 6.27. The second-order valence-electron chi connectivity index (χ2n) is 4.99. The fourth-order valence-electron chi connectivity index (χ4n) is 2.30. The van der Waals surface area contributed by atoms with Crippen LogP contribution in [-0.4, -0.2) is 42.3 Å². The van der Waals surface area contributed by atoms with E-state index in [0.29, 0.717) is 22.9 Å². The van der Waals surface area contributed by atoms with E-state index in [4.69, 9.17) is 17.0 Å². The van der Waals surface area contributed by atoms with Crippen LogP contribution in [0.25, 0.3) is 0 Å². The van der Waals surface area contributed by atoms with Crippen LogP contribution in [0.1, 0.15) is 19.8 Å². The molecule has 7 heteroatoms. The lowest BCUT2D eigenvalue weighted by Crippen LogP contribution is -2.35. The third-order valence-electron chi connectivity index (χ3n) is 3.33. The average Bonchev–Trinajstić information content (AvgIpc) is 2.46. The van der Waals surface area contributed by atoms with Crippen LogP contribution in [0.4, 0.5) is 11.8 Å². The maximum atomic E-state index is 5.25. The van der Waals surface area contributed by atoms with E-state index in [1.165, 1.54) is 12.8 Å². The Hall–Kier alpha value is -1.63. The summed E-state index contributed by atoms with van der Waals surface area (Å²) in [6, 6.07) is 1.87. The number of hydrogen-bond donors (Lipinski definition) is 2. The van der Waals surface area contributed by atoms with E-state index in [-0.39, 0.29) is 0 Å². The van der Waals surface area contributed by atoms with Crippen LogP contribution in [0.5, 0.6) is 5.88 Å². The van der Waals surface area contributed by atoms with Gasteiger partial charge in [-0.3, -0.25) is 0 Å². The van der Waals surface area contributed by atoms with E-state index in [1.54, 1.807) is 14.2 Å². The van der Waals surface area contributed by atoms with Gasteiger partial charge >= 0.3 is 0 Å². The number of hydrogen-bond acceptors (Lipinski definition) is 5. The first kappa shape index (κ1) is 14.8. The van der Waals surface area contributed by atoms with Crippen molar-refractivity contribution in [1.29, 1.82) is 0 Å². The van der Waals surface area contributed by atoms with E-state index in [9.17, 15) is 0 Å². The molecule has 20 heavy (non-hydrogen) atoms. The monoisotopic (exact) mass is 295 g/mol. The molecule has 0 unspecified atom stereocenters. The molecule has 1 aromatic rings. The number of anilines is 2. The van der Waals surface area contributed by atoms with Gasteiger partial charge in [-0.15, -0.1) is 0 Å². The summed E-state index contributed by atoms with van der Waals surface area (Å²) in [6.07, 6.45) is 2.46. The molecule has 2 rings (SSSR count). The van der Waals surface area contributed by atoms with Gasteiger partial charge in [0, 0.05) is 26.2 Å². The van der Waals surface area contributed by atoms with E-state index in [1.807, 2.05) is 6.07 Å². The molecule has 1 fully saturated rings. The standard InChI is InChI=1S/C13H21N5OS/c1-9-5-4-6-18(8-9)10-7-11(19-3)16-12(15-10)17-13(20)14-2/h7,9H,4-6,8H2,1-3H3,(H2,14,15,16,17,20)/t9-/m0/s1. The van der Waals surface area contributed by atoms with E-state index in [0.717, 1.165) is 18.9 Å². The number of piperidine rings is 1. The van der Waals surface area contributed by atoms with Gasteiger partial charge in [0.05, 0.1) is 7.11 Å². The van der Waals surface area contributed by atoms with Gasteiger partial charge in [-0.25, -0.2) is 0 Å². The second-order valence-corrected chi connectivity index (χ2v) is 5.40. The van der Waals surface area contributed by atoms with E-state index < -0.39 is 0 Å². The van der Waals surface area contributed by atoms with Crippen LogP contribution in [0, 0.1) is 5.92 Å². The third-order valence-corrected chi connectivity index (χ3v) is 3.64. The van der Waals surface area contributed by atoms with Crippen LogP contribution >= 0.6 is 12.2 Å². The fraction of sp³-hybridized carbons (Fsp3) is 0.615. The highest BCUT2D eigenvalue weighted by molar-refractivity contribution is 7.80. The predicted octanol–water partition coefficient (Wildman–Crippen LogP) is 1.64. The van der Waals surface area contributed by atoms with Crippen molar-refractivity contribution in [2.45, 2.75) is 19.8 Å². The third kappa shape index (κ3) is 3.69. The predicted molar refractivity (Wildman–Crippen MR) is 84.5 cm³/mol. The van der Waals surface area contributed by atoms with E-state index >= 15 is 0 Å². The van der Waals surface area contributed by atoms with Crippen LogP contribution in [-0.2, 0) is 0 Å². The second kappa shape index (κ2) is 6.69. The zero-order chi connectivity index (χ0) is 14.5. The molecule has 2 heterocycles. The van der Waals surface area contributed by atoms with Gasteiger partial charge in [-0.2, -0.15) is 9.97 Å². The van der Waals surface area contributed by atoms with E-state index in [2.05, 4.69) is 32.4 Å². The number of ether oxygens (including phenoxy) is 1. The van der Waals surface area contributed by atoms with Gasteiger partial charge in [0.2, 0.25) is 11.8 Å². The summed E-state index contributed by atoms with van der Waals surface area (Å²) in [5.41, 5.74) is 0. The molecular weight excluding hydrogens is 274 g/mol. The molecule has 0 radical (unpaired) electrons. The summed E-state index contributed by atoms with van der Waals surface area (Å²) in [4.78, 5) is 11.0. The van der Waals surface area contributed by atoms with Crippen molar-refractivity contribution in [3.05, 3.63) is 6.07 Å². The maximum Gasteiger partial charge on any atom is 0.234 e. The lowest BCUT2D eigenvalue weighted by atomic mass is 10.0. The Kier molecular flexibility index (Phi) is 4.94. The average molecular weight is 295 g/mol. The van der Waals surface area contributed by atoms with Crippen LogP contribution in [0.2, 0.25) is 0 Å². The fourth-order valence-corrected chi connectivity index (χ4v) is 2.39. The van der Waals surface area contributed by atoms with Gasteiger partial charge in [-0.1, -0.05) is 6.92 Å². The Morgan fingerprint density at radius 1 is 1.50 bits per heavy atom. The first-order valence-electron chi connectivity index (χ1n) is 6.79. The van der Waals surface area contributed by atoms with Gasteiger partial charge in [0.15, 0.2) is 5.11 Å². The molecule has 1 aliphatic heterocycles. The minimum Gasteiger partial charge on any atom is -0.481 e. The first-order valence-corrected chi connectivity index (χ1v) is 7.20. The topological polar surface area (TPSA) is 62.3 Å². The number of methoxy groups -OCH3 is 1. The number of nitrogens with zero attached hydrogens (tertiary/aromatic N) is 3. The maximum absolute atomic E-state index is 5.25. The molecule has 2 N–H and O–H groups in total. The zero-order valence-corrected chi connectivity index (χ0v) is 13.0. The molecule has 1 aromatic heterocycles. The molecule has 0 amide bonds. The van der Waals surface area contributed by atoms with Crippen molar-refractivity contribution < 1.29 is 4.74 Å². The van der Waals surface area contributed by atoms with Gasteiger partial charge < -0.3 is 20.3 Å². The molecule has 0 spiro atoms. The molecule has 0 aliphatic carbocycles. The van der Waals surface area contributed by atoms with Crippen molar-refractivity contribution in [2.75, 3.05) is 37.5 Å². The number of thiocarbonyl (C=S) groups is 1. The Morgan fingerprint density at radius 2 is 2.30 bits per heavy atom. The highest BCUT2D eigenvalue weighted by Crippen LogP contribution is 2.24. The van der Waals surface area contributed by atoms with Crippen molar-refractivity contribution in [2.24, 2.45) is 5.92 Å². The summed E-state index contributed by atoms with van der Waals surface area (Å²) in [6.45, 7) is 4.29. The SMILES string of the molecule is CNC(=S)Nc1nc(OC)cc(N2CCC[C@H](C)C2)n1. The number of aromatic nitrogens is 2. The summed E-state index contributed by atoms with van der Waals surface area (Å²) in [5.74, 6) is 2.55. The Balaban J connectivity index is 2.22. The molecule has 1 atom stereocenters. The molecule has 1 saturated heterocycles. The smallest absolute Gasteiger partial charge is 0.234 e. The summed E-state index contributed by atoms with van der Waals surface area (Å²) in [7, 11) is 3.36. The lowest BCUT2D eigenvalue weighted by molar-refractivity contribution is 0.396. The molecule has 110 valence electrons. The normalized spacial score (nSPS) is 18.6. The molecule has 6 nitrogen and oxygen atoms in total. The molecular formula is C13H21N5OS. The van der Waals surface area contributed by atoms with Crippen LogP contribution in [0.3, 0.4) is 0 Å². The highest BCUT2D eigenvalue weighted by atomic mass is 32.1. The van der Waals surface area contributed by atoms with Crippen LogP contribution in [0.15, 0.2) is 6.07 Å². The Labute approximate surface area is 124 Å². The summed E-state index contributed by atoms with van der Waals surface area (Å²) < 4.78 is 5.25. The number of rotatable bonds is 3. The Morgan fingerprint density at radius 3 is 2.95 bits per heavy atom. The minimum atomic E-state index is 0.455. The molecule has 0 saturated carbocycles. The lowest BCUT2D eigenvalue weighted by Gasteiger charge is -2.32. The highest BCUT2D eigenvalue weighted by Gasteiger charge is 2.19. The quantitative estimate of drug-likeness (QED) is 0.822. The van der Waals surface area contributed by atoms with Crippen molar-refractivity contribution >= 4 is 29.1 Å².